The minimum atomic E-state index is -0.215. The van der Waals surface area contributed by atoms with Crippen molar-refractivity contribution >= 4 is 50.3 Å². The predicted octanol–water partition coefficient (Wildman–Crippen LogP) is 4.58. The molecule has 0 bridgehead atoms. The molecule has 0 heterocycles. The zero-order valence-corrected chi connectivity index (χ0v) is 43.7. The number of rotatable bonds is 8. The Kier molecular flexibility index (Phi) is 42.2. The van der Waals surface area contributed by atoms with Crippen molar-refractivity contribution in [3.05, 3.63) is 239 Å². The Labute approximate surface area is 501 Å². The second-order valence-corrected chi connectivity index (χ2v) is 13.2. The van der Waals surface area contributed by atoms with Crippen LogP contribution in [-0.4, -0.2) is 50.3 Å². The molecular formula is C56H40Ho2MnO16-2. The van der Waals surface area contributed by atoms with Crippen molar-refractivity contribution in [3.63, 3.8) is 0 Å². The van der Waals surface area contributed by atoms with Crippen LogP contribution in [0.2, 0.25) is 0 Å². The van der Waals surface area contributed by atoms with Gasteiger partial charge in [-0.2, -0.15) is 0 Å². The van der Waals surface area contributed by atoms with Gasteiger partial charge in [0.1, 0.15) is 50.3 Å². The Balaban J connectivity index is -0.000000785. The van der Waals surface area contributed by atoms with E-state index in [0.717, 1.165) is 0 Å². The van der Waals surface area contributed by atoms with Gasteiger partial charge in [-0.1, -0.05) is 240 Å². The van der Waals surface area contributed by atoms with Crippen LogP contribution in [0.4, 0.5) is 0 Å². The van der Waals surface area contributed by atoms with Crippen LogP contribution in [-0.2, 0) is 17.1 Å². The van der Waals surface area contributed by atoms with E-state index in [0.29, 0.717) is 50.3 Å². The second-order valence-electron chi connectivity index (χ2n) is 13.2. The van der Waals surface area contributed by atoms with Gasteiger partial charge < -0.3 is 40.9 Å². The van der Waals surface area contributed by atoms with E-state index in [9.17, 15) is 79.2 Å². The maximum absolute atomic E-state index is 10.6. The summed E-state index contributed by atoms with van der Waals surface area (Å²) in [7, 11) is 0. The van der Waals surface area contributed by atoms with Gasteiger partial charge >= 0.3 is 54.8 Å². The van der Waals surface area contributed by atoms with Crippen molar-refractivity contribution in [2.24, 2.45) is 0 Å². The van der Waals surface area contributed by atoms with Gasteiger partial charge in [0.2, 0.25) is 0 Å². The first-order valence-corrected chi connectivity index (χ1v) is 20.4. The average molecular weight is 1350 g/mol. The van der Waals surface area contributed by atoms with Gasteiger partial charge in [0.15, 0.2) is 0 Å². The van der Waals surface area contributed by atoms with Crippen molar-refractivity contribution < 1.29 is 172 Å². The number of hydrogen-bond donors (Lipinski definition) is 0. The molecule has 8 aromatic carbocycles. The molecule has 0 unspecified atom stereocenters. The molecule has 0 spiro atoms. The molecule has 19 heteroatoms. The van der Waals surface area contributed by atoms with Crippen LogP contribution in [0.1, 0.15) is 82.9 Å². The van der Waals surface area contributed by atoms with Crippen LogP contribution in [0.5, 0.6) is 46.0 Å². The molecule has 0 fully saturated rings. The Morgan fingerprint density at radius 2 is 0.280 bits per heavy atom. The maximum Gasteiger partial charge on any atom is 3.00 e. The Bertz CT molecular complexity index is 2360. The summed E-state index contributed by atoms with van der Waals surface area (Å²) >= 11 is 0. The van der Waals surface area contributed by atoms with E-state index in [1.807, 2.05) is 0 Å². The van der Waals surface area contributed by atoms with Crippen molar-refractivity contribution in [2.75, 3.05) is 0 Å². The Morgan fingerprint density at radius 1 is 0.200 bits per heavy atom. The first kappa shape index (κ1) is 71.8. The normalized spacial score (nSPS) is 8.53. The van der Waals surface area contributed by atoms with Gasteiger partial charge in [-0.15, -0.1) is 0 Å². The number of carbonyl (C=O) groups is 8. The third-order valence-electron chi connectivity index (χ3n) is 8.37. The molecule has 0 aliphatic rings. The van der Waals surface area contributed by atoms with Crippen molar-refractivity contribution in [2.45, 2.75) is 0 Å². The first-order chi connectivity index (χ1) is 34.7. The van der Waals surface area contributed by atoms with E-state index >= 15 is 0 Å². The molecular weight excluding hydrogens is 1310 g/mol. The Morgan fingerprint density at radius 3 is 0.333 bits per heavy atom. The van der Waals surface area contributed by atoms with E-state index in [4.69, 9.17) is 0 Å². The predicted molar refractivity (Wildman–Crippen MR) is 250 cm³/mol. The molecule has 391 valence electrons. The third-order valence-corrected chi connectivity index (χ3v) is 8.37. The molecule has 8 aromatic rings. The number of para-hydroxylation sites is 8. The third kappa shape index (κ3) is 29.8. The average Bonchev–Trinajstić information content (AvgIpc) is 3.41. The molecule has 0 saturated carbocycles. The van der Waals surface area contributed by atoms with E-state index in [2.05, 4.69) is 0 Å². The number of benzene rings is 8. The van der Waals surface area contributed by atoms with Gasteiger partial charge in [0.25, 0.3) is 0 Å². The summed E-state index contributed by atoms with van der Waals surface area (Å²) in [5.41, 5.74) is 1.76. The van der Waals surface area contributed by atoms with Crippen LogP contribution in [0.15, 0.2) is 194 Å². The number of aldehydes is 8. The molecule has 16 nitrogen and oxygen atoms in total. The second kappa shape index (κ2) is 44.1. The van der Waals surface area contributed by atoms with Crippen LogP contribution >= 0.6 is 0 Å². The summed E-state index contributed by atoms with van der Waals surface area (Å²) in [6.45, 7) is 0. The van der Waals surface area contributed by atoms with E-state index in [1.165, 1.54) is 97.1 Å². The summed E-state index contributed by atoms with van der Waals surface area (Å²) in [4.78, 5) is 80.2. The molecule has 75 heavy (non-hydrogen) atoms. The quantitative estimate of drug-likeness (QED) is 0.148. The molecule has 0 amide bonds. The van der Waals surface area contributed by atoms with E-state index in [1.54, 1.807) is 97.1 Å². The fraction of sp³-hybridized carbons (Fsp3) is 0. The monoisotopic (exact) mass is 1350 g/mol. The SMILES string of the molecule is O=Cc1ccccc1[O-].O=Cc1ccccc1[O-].O=Cc1ccccc1[O-].O=Cc1ccccc1[O-].O=Cc1ccccc1[O-].O=Cc1ccccc1[O-].O=Cc1ccccc1[O-].O=Cc1ccccc1[O-].[Ho+3].[Ho].[Mn+3]. The van der Waals surface area contributed by atoms with E-state index < -0.39 is 0 Å². The fourth-order valence-corrected chi connectivity index (χ4v) is 4.62. The minimum absolute atomic E-state index is 0. The van der Waals surface area contributed by atoms with Crippen LogP contribution in [0.25, 0.3) is 0 Å². The maximum atomic E-state index is 10.6. The first-order valence-electron chi connectivity index (χ1n) is 20.4. The molecule has 1 radical (unpaired) electrons. The van der Waals surface area contributed by atoms with Gasteiger partial charge in [-0.3, -0.25) is 38.4 Å². The van der Waals surface area contributed by atoms with E-state index in [-0.39, 0.29) is 183 Å². The zero-order valence-electron chi connectivity index (χ0n) is 38.6. The molecule has 0 aromatic heterocycles. The number of carbonyl (C=O) groups excluding carboxylic acids is 8. The standard InChI is InChI=1S/8C7H6O2.2Ho.Mn/c8*8-5-6-3-1-2-4-7(6)9;;;/h8*1-5,9H;;;/q;;;;;;;;;2*+3/p-8. The molecule has 8 rings (SSSR count). The molecule has 0 atom stereocenters. The topological polar surface area (TPSA) is 321 Å². The molecule has 0 aliphatic heterocycles. The summed E-state index contributed by atoms with van der Waals surface area (Å²) in [5.74, 6) is -1.72. The van der Waals surface area contributed by atoms with Gasteiger partial charge in [0, 0.05) is 82.2 Å². The van der Waals surface area contributed by atoms with Crippen LogP contribution in [0, 0.1) is 75.5 Å². The number of hydrogen-bond acceptors (Lipinski definition) is 16. The minimum Gasteiger partial charge on any atom is -0.872 e. The summed E-state index contributed by atoms with van der Waals surface area (Å²) < 4.78 is 0. The van der Waals surface area contributed by atoms with Gasteiger partial charge in [-0.25, -0.2) is 0 Å². The van der Waals surface area contributed by atoms with Crippen molar-refractivity contribution in [1.82, 2.24) is 0 Å². The molecule has 0 N–H and O–H groups in total. The van der Waals surface area contributed by atoms with Crippen molar-refractivity contribution in [1.29, 1.82) is 0 Å². The fourth-order valence-electron chi connectivity index (χ4n) is 4.62. The smallest absolute Gasteiger partial charge is 0.872 e. The van der Waals surface area contributed by atoms with Crippen LogP contribution in [0.3, 0.4) is 0 Å². The van der Waals surface area contributed by atoms with Crippen molar-refractivity contribution in [3.8, 4) is 46.0 Å². The van der Waals surface area contributed by atoms with Gasteiger partial charge in [0.05, 0.1) is 0 Å². The summed E-state index contributed by atoms with van der Waals surface area (Å²) in [5, 5.41) is 85.0. The molecule has 0 saturated heterocycles. The largest absolute Gasteiger partial charge is 3.00 e. The van der Waals surface area contributed by atoms with Gasteiger partial charge in [-0.05, 0) is 0 Å². The molecule has 0 aliphatic carbocycles. The summed E-state index contributed by atoms with van der Waals surface area (Å²) in [6.07, 6.45) is 4.46. The zero-order chi connectivity index (χ0) is 53.5. The Hall–Kier alpha value is -7.44. The van der Waals surface area contributed by atoms with Crippen LogP contribution < -0.4 is 40.9 Å². The summed E-state index contributed by atoms with van der Waals surface area (Å²) in [6, 6.07) is 49.0.